The third-order valence-corrected chi connectivity index (χ3v) is 3.05. The zero-order valence-electron chi connectivity index (χ0n) is 8.45. The van der Waals surface area contributed by atoms with Crippen molar-refractivity contribution in [1.82, 2.24) is 4.98 Å². The van der Waals surface area contributed by atoms with Gasteiger partial charge in [0, 0.05) is 5.69 Å². The van der Waals surface area contributed by atoms with Crippen LogP contribution in [0, 0.1) is 11.6 Å². The maximum Gasteiger partial charge on any atom is 0.137 e. The molecule has 2 rings (SSSR count). The number of nitrogens with two attached hydrogens (primary N) is 1. The van der Waals surface area contributed by atoms with Crippen molar-refractivity contribution in [2.24, 2.45) is 0 Å². The minimum absolute atomic E-state index is 0.138. The molecule has 0 atom stereocenters. The van der Waals surface area contributed by atoms with Gasteiger partial charge in [-0.2, -0.15) is 0 Å². The Morgan fingerprint density at radius 1 is 1.18 bits per heavy atom. The molecule has 0 amide bonds. The van der Waals surface area contributed by atoms with Crippen LogP contribution < -0.4 is 5.73 Å². The molecule has 0 spiro atoms. The van der Waals surface area contributed by atoms with Crippen LogP contribution in [-0.4, -0.2) is 4.98 Å². The van der Waals surface area contributed by atoms with Gasteiger partial charge >= 0.3 is 0 Å². The molecule has 0 fully saturated rings. The van der Waals surface area contributed by atoms with E-state index >= 15 is 0 Å². The van der Waals surface area contributed by atoms with Crippen molar-refractivity contribution >= 4 is 29.1 Å². The minimum atomic E-state index is -0.517. The van der Waals surface area contributed by atoms with E-state index in [1.807, 2.05) is 0 Å². The lowest BCUT2D eigenvalue weighted by atomic mass is 10.3. The van der Waals surface area contributed by atoms with Gasteiger partial charge in [0.2, 0.25) is 0 Å². The third-order valence-electron chi connectivity index (χ3n) is 1.90. The number of benzene rings is 1. The molecular formula is C11H7ClF2N2S. The van der Waals surface area contributed by atoms with Gasteiger partial charge in [-0.25, -0.2) is 13.8 Å². The van der Waals surface area contributed by atoms with Crippen LogP contribution in [0.3, 0.4) is 0 Å². The average molecular weight is 273 g/mol. The topological polar surface area (TPSA) is 38.9 Å². The van der Waals surface area contributed by atoms with E-state index in [1.54, 1.807) is 6.07 Å². The molecule has 0 bridgehead atoms. The van der Waals surface area contributed by atoms with Gasteiger partial charge in [0.1, 0.15) is 21.8 Å². The highest BCUT2D eigenvalue weighted by Gasteiger charge is 2.08. The third kappa shape index (κ3) is 3.08. The Morgan fingerprint density at radius 2 is 1.94 bits per heavy atom. The van der Waals surface area contributed by atoms with Gasteiger partial charge in [0.25, 0.3) is 0 Å². The summed E-state index contributed by atoms with van der Waals surface area (Å²) in [5.41, 5.74) is 6.00. The highest BCUT2D eigenvalue weighted by Crippen LogP contribution is 2.31. The van der Waals surface area contributed by atoms with Crippen molar-refractivity contribution in [1.29, 1.82) is 0 Å². The first kappa shape index (κ1) is 12.1. The Bertz CT molecular complexity index is 543. The summed E-state index contributed by atoms with van der Waals surface area (Å²) in [6, 6.07) is 6.23. The smallest absolute Gasteiger partial charge is 0.137 e. The van der Waals surface area contributed by atoms with Crippen molar-refractivity contribution in [2.45, 2.75) is 9.92 Å². The number of nitrogens with zero attached hydrogens (tertiary/aromatic N) is 1. The van der Waals surface area contributed by atoms with E-state index in [1.165, 1.54) is 6.07 Å². The quantitative estimate of drug-likeness (QED) is 0.847. The molecule has 2 aromatic rings. The van der Waals surface area contributed by atoms with Crippen LogP contribution in [0.2, 0.25) is 5.15 Å². The summed E-state index contributed by atoms with van der Waals surface area (Å²) >= 11 is 6.68. The zero-order valence-corrected chi connectivity index (χ0v) is 10.0. The minimum Gasteiger partial charge on any atom is -0.399 e. The number of pyridine rings is 1. The molecule has 2 N–H and O–H groups in total. The number of hydrogen-bond donors (Lipinski definition) is 1. The number of aromatic nitrogens is 1. The molecule has 17 heavy (non-hydrogen) atoms. The molecule has 0 aliphatic carbocycles. The fraction of sp³-hybridized carbons (Fsp3) is 0. The molecule has 0 radical (unpaired) electrons. The van der Waals surface area contributed by atoms with Crippen LogP contribution in [-0.2, 0) is 0 Å². The normalized spacial score (nSPS) is 10.5. The van der Waals surface area contributed by atoms with E-state index in [0.717, 1.165) is 30.0 Å². The van der Waals surface area contributed by atoms with E-state index in [2.05, 4.69) is 4.98 Å². The van der Waals surface area contributed by atoms with Gasteiger partial charge in [0.15, 0.2) is 0 Å². The van der Waals surface area contributed by atoms with Crippen molar-refractivity contribution in [3.05, 3.63) is 47.1 Å². The molecule has 2 nitrogen and oxygen atoms in total. The Kier molecular flexibility index (Phi) is 3.49. The highest BCUT2D eigenvalue weighted by molar-refractivity contribution is 7.99. The number of nitrogen functional groups attached to an aromatic ring is 1. The molecule has 0 unspecified atom stereocenters. The van der Waals surface area contributed by atoms with Gasteiger partial charge < -0.3 is 5.73 Å². The summed E-state index contributed by atoms with van der Waals surface area (Å²) in [5, 5.41) is 0.629. The van der Waals surface area contributed by atoms with E-state index in [-0.39, 0.29) is 10.0 Å². The predicted molar refractivity (Wildman–Crippen MR) is 64.1 cm³/mol. The fourth-order valence-corrected chi connectivity index (χ4v) is 2.38. The van der Waals surface area contributed by atoms with Crippen LogP contribution >= 0.6 is 23.4 Å². The van der Waals surface area contributed by atoms with E-state index < -0.39 is 11.6 Å². The zero-order chi connectivity index (χ0) is 12.4. The van der Waals surface area contributed by atoms with Crippen molar-refractivity contribution in [3.63, 3.8) is 0 Å². The standard InChI is InChI=1S/C11H7ClF2N2S/c12-10-4-7(15)5-11(16-10)17-9-3-6(13)1-2-8(9)14/h1-5H,(H2,15,16). The first-order valence-corrected chi connectivity index (χ1v) is 5.80. The predicted octanol–water partition coefficient (Wildman–Crippen LogP) is 3.75. The van der Waals surface area contributed by atoms with E-state index in [4.69, 9.17) is 17.3 Å². The number of halogens is 3. The second-order valence-corrected chi connectivity index (χ2v) is 4.69. The molecular weight excluding hydrogens is 266 g/mol. The first-order valence-electron chi connectivity index (χ1n) is 4.60. The lowest BCUT2D eigenvalue weighted by Gasteiger charge is -2.04. The van der Waals surface area contributed by atoms with Gasteiger partial charge in [-0.05, 0) is 30.3 Å². The van der Waals surface area contributed by atoms with Crippen LogP contribution in [0.4, 0.5) is 14.5 Å². The SMILES string of the molecule is Nc1cc(Cl)nc(Sc2cc(F)ccc2F)c1. The van der Waals surface area contributed by atoms with Gasteiger partial charge in [-0.3, -0.25) is 0 Å². The molecule has 0 saturated heterocycles. The van der Waals surface area contributed by atoms with Crippen LogP contribution in [0.15, 0.2) is 40.3 Å². The first-order chi connectivity index (χ1) is 8.04. The average Bonchev–Trinajstić information content (AvgIpc) is 2.22. The number of rotatable bonds is 2. The Morgan fingerprint density at radius 3 is 2.65 bits per heavy atom. The monoisotopic (exact) mass is 272 g/mol. The van der Waals surface area contributed by atoms with Gasteiger partial charge in [-0.1, -0.05) is 23.4 Å². The summed E-state index contributed by atoms with van der Waals surface area (Å²) in [7, 11) is 0. The van der Waals surface area contributed by atoms with E-state index in [0.29, 0.717) is 10.7 Å². The number of anilines is 1. The molecule has 0 saturated carbocycles. The van der Waals surface area contributed by atoms with Crippen LogP contribution in [0.1, 0.15) is 0 Å². The Hall–Kier alpha value is -1.33. The lowest BCUT2D eigenvalue weighted by Crippen LogP contribution is -1.90. The molecule has 6 heteroatoms. The molecule has 1 aromatic heterocycles. The fourth-order valence-electron chi connectivity index (χ4n) is 1.21. The van der Waals surface area contributed by atoms with Crippen molar-refractivity contribution < 1.29 is 8.78 Å². The van der Waals surface area contributed by atoms with Gasteiger partial charge in [0.05, 0.1) is 4.90 Å². The largest absolute Gasteiger partial charge is 0.399 e. The second kappa shape index (κ2) is 4.89. The molecule has 1 aromatic carbocycles. The summed E-state index contributed by atoms with van der Waals surface area (Å²) < 4.78 is 26.3. The molecule has 0 aliphatic heterocycles. The van der Waals surface area contributed by atoms with Crippen LogP contribution in [0.25, 0.3) is 0 Å². The van der Waals surface area contributed by atoms with Crippen LogP contribution in [0.5, 0.6) is 0 Å². The Balaban J connectivity index is 2.34. The number of hydrogen-bond acceptors (Lipinski definition) is 3. The summed E-state index contributed by atoms with van der Waals surface area (Å²) in [6.07, 6.45) is 0. The highest BCUT2D eigenvalue weighted by atomic mass is 35.5. The summed E-state index contributed by atoms with van der Waals surface area (Å²) in [4.78, 5) is 4.10. The van der Waals surface area contributed by atoms with E-state index in [9.17, 15) is 8.78 Å². The maximum absolute atomic E-state index is 13.4. The van der Waals surface area contributed by atoms with Gasteiger partial charge in [-0.15, -0.1) is 0 Å². The maximum atomic E-state index is 13.4. The van der Waals surface area contributed by atoms with Crippen molar-refractivity contribution in [3.8, 4) is 0 Å². The summed E-state index contributed by atoms with van der Waals surface area (Å²) in [5.74, 6) is -1.03. The second-order valence-electron chi connectivity index (χ2n) is 3.24. The van der Waals surface area contributed by atoms with Crippen molar-refractivity contribution in [2.75, 3.05) is 5.73 Å². The summed E-state index contributed by atoms with van der Waals surface area (Å²) in [6.45, 7) is 0. The molecule has 88 valence electrons. The molecule has 1 heterocycles. The Labute approximate surface area is 106 Å². The molecule has 0 aliphatic rings. The lowest BCUT2D eigenvalue weighted by molar-refractivity contribution is 0.577.